The number of aliphatic hydroxyl groups excluding tert-OH is 1. The molecule has 21 heteroatoms. The van der Waals surface area contributed by atoms with Crippen LogP contribution in [0.5, 0.6) is 0 Å². The van der Waals surface area contributed by atoms with Crippen LogP contribution in [0.15, 0.2) is 109 Å². The van der Waals surface area contributed by atoms with Crippen molar-refractivity contribution >= 4 is 75.3 Å². The Bertz CT molecular complexity index is 3300. The summed E-state index contributed by atoms with van der Waals surface area (Å²) in [6.45, 7) is 10.5. The van der Waals surface area contributed by atoms with Crippen molar-refractivity contribution in [1.82, 2.24) is 25.5 Å². The summed E-state index contributed by atoms with van der Waals surface area (Å²) in [6.07, 6.45) is -4.71. The van der Waals surface area contributed by atoms with Crippen LogP contribution >= 0.6 is 23.6 Å². The number of nitrogens with one attached hydrogen (secondary N) is 3. The standard InChI is InChI=1S/C56H53F4N9O6S2/c1-31-48(77-30-64-31)36-13-11-34(12-14-36)27-63-50(73)43-25-40(70)29-67(43)51(74)49(54(2,3)4)66-45(72)24-33-9-7-32(8-10-33)23-44(71)65-38-18-15-35(16-19-38)41-21-20-39(28-62-41)69-53(76)68(52(75)55(69,5)6)42-22-17-37(26-61)46(47(42)57)56(58,59)60/h7-22,28,30,40,43,49,70H,23-25,27,29H2,1-6H3,(H,63,73)(H,65,71)(H,66,72)/t40-,43+,49-/m1/s1. The highest BCUT2D eigenvalue weighted by atomic mass is 32.1. The number of rotatable bonds is 14. The van der Waals surface area contributed by atoms with Gasteiger partial charge >= 0.3 is 6.18 Å². The molecule has 0 saturated carbocycles. The van der Waals surface area contributed by atoms with Gasteiger partial charge in [-0.1, -0.05) is 81.4 Å². The van der Waals surface area contributed by atoms with Gasteiger partial charge in [0.15, 0.2) is 10.9 Å². The fourth-order valence-electron chi connectivity index (χ4n) is 9.31. The Labute approximate surface area is 450 Å². The second-order valence-corrected chi connectivity index (χ2v) is 21.6. The largest absolute Gasteiger partial charge is 0.420 e. The number of likely N-dealkylation sites (tertiary alicyclic amines) is 1. The van der Waals surface area contributed by atoms with E-state index < -0.39 is 81.6 Å². The molecule has 0 aliphatic carbocycles. The SMILES string of the molecule is Cc1ncsc1-c1ccc(CNC(=O)[C@@H]2C[C@@H](O)CN2C(=O)[C@@H](NC(=O)Cc2ccc(CC(=O)Nc3ccc(-c4ccc(N5C(=S)N(c6ccc(C#N)c(C(F)(F)F)c6F)C(=O)C5(C)C)cn4)cc3)cc2)C(C)(C)C)cc1. The molecule has 8 rings (SSSR count). The summed E-state index contributed by atoms with van der Waals surface area (Å²) in [4.78, 5) is 81.2. The van der Waals surface area contributed by atoms with E-state index in [9.17, 15) is 47.5 Å². The molecule has 4 N–H and O–H groups in total. The number of hydrogen-bond acceptors (Lipinski definition) is 11. The average molecular weight is 1090 g/mol. The number of halogens is 4. The van der Waals surface area contributed by atoms with Gasteiger partial charge in [0.05, 0.1) is 69.9 Å². The fraction of sp³-hybridized carbons (Fsp3) is 0.304. The van der Waals surface area contributed by atoms with E-state index in [-0.39, 0.29) is 43.4 Å². The molecule has 77 heavy (non-hydrogen) atoms. The number of hydrogen-bond donors (Lipinski definition) is 4. The van der Waals surface area contributed by atoms with E-state index in [0.717, 1.165) is 33.8 Å². The molecule has 2 aliphatic heterocycles. The number of aromatic nitrogens is 2. The molecule has 0 radical (unpaired) electrons. The molecule has 4 heterocycles. The van der Waals surface area contributed by atoms with Crippen molar-refractivity contribution in [2.24, 2.45) is 5.41 Å². The monoisotopic (exact) mass is 1090 g/mol. The highest BCUT2D eigenvalue weighted by Gasteiger charge is 2.52. The summed E-state index contributed by atoms with van der Waals surface area (Å²) in [5, 5.41) is 28.2. The number of amides is 5. The van der Waals surface area contributed by atoms with Crippen LogP contribution in [0.1, 0.15) is 74.6 Å². The maximum atomic E-state index is 15.5. The van der Waals surface area contributed by atoms with Gasteiger partial charge in [-0.2, -0.15) is 18.4 Å². The van der Waals surface area contributed by atoms with E-state index in [0.29, 0.717) is 38.7 Å². The Balaban J connectivity index is 0.832. The number of alkyl halides is 3. The molecular weight excluding hydrogens is 1030 g/mol. The number of aliphatic hydroxyl groups is 1. The van der Waals surface area contributed by atoms with Crippen LogP contribution < -0.4 is 25.8 Å². The van der Waals surface area contributed by atoms with Crippen LogP contribution in [0, 0.1) is 29.5 Å². The zero-order valence-electron chi connectivity index (χ0n) is 42.7. The van der Waals surface area contributed by atoms with Gasteiger partial charge in [-0.05, 0) is 97.1 Å². The third kappa shape index (κ3) is 11.9. The number of carbonyl (C=O) groups is 5. The number of anilines is 3. The summed E-state index contributed by atoms with van der Waals surface area (Å²) in [5.41, 5.74) is 2.19. The lowest BCUT2D eigenvalue weighted by atomic mass is 9.85. The van der Waals surface area contributed by atoms with Gasteiger partial charge in [-0.25, -0.2) is 9.37 Å². The second kappa shape index (κ2) is 22.0. The summed E-state index contributed by atoms with van der Waals surface area (Å²) < 4.78 is 56.9. The van der Waals surface area contributed by atoms with Gasteiger partial charge < -0.3 is 30.9 Å². The molecule has 2 aliphatic rings. The van der Waals surface area contributed by atoms with Crippen LogP contribution in [0.25, 0.3) is 21.7 Å². The number of nitrogens with zero attached hydrogens (tertiary/aromatic N) is 6. The number of pyridine rings is 1. The highest BCUT2D eigenvalue weighted by molar-refractivity contribution is 7.81. The number of β-amino-alcohol motifs (C(OH)–C–C–N with tert-alkyl or cyclic N) is 1. The minimum absolute atomic E-state index is 0.0176. The number of carbonyl (C=O) groups excluding carboxylic acids is 5. The normalized spacial score (nSPS) is 16.8. The van der Waals surface area contributed by atoms with Gasteiger partial charge in [0.25, 0.3) is 5.91 Å². The lowest BCUT2D eigenvalue weighted by molar-refractivity contribution is -0.144. The molecule has 15 nitrogen and oxygen atoms in total. The van der Waals surface area contributed by atoms with Gasteiger partial charge in [-0.15, -0.1) is 11.3 Å². The van der Waals surface area contributed by atoms with E-state index >= 15 is 4.39 Å². The first-order chi connectivity index (χ1) is 36.3. The zero-order chi connectivity index (χ0) is 55.7. The Hall–Kier alpha value is -7.93. The van der Waals surface area contributed by atoms with Crippen molar-refractivity contribution in [3.63, 3.8) is 0 Å². The Morgan fingerprint density at radius 1 is 0.883 bits per heavy atom. The molecule has 6 aromatic rings. The molecule has 0 bridgehead atoms. The summed E-state index contributed by atoms with van der Waals surface area (Å²) >= 11 is 7.09. The number of thiocarbonyl (C=S) groups is 1. The van der Waals surface area contributed by atoms with Crippen molar-refractivity contribution in [2.75, 3.05) is 21.7 Å². The van der Waals surface area contributed by atoms with Crippen LogP contribution in [0.2, 0.25) is 0 Å². The molecular formula is C56H53F4N9O6S2. The smallest absolute Gasteiger partial charge is 0.391 e. The Morgan fingerprint density at radius 2 is 1.51 bits per heavy atom. The van der Waals surface area contributed by atoms with Crippen molar-refractivity contribution in [2.45, 2.75) is 97.3 Å². The molecule has 2 fully saturated rings. The molecule has 398 valence electrons. The van der Waals surface area contributed by atoms with Crippen molar-refractivity contribution < 1.29 is 46.6 Å². The van der Waals surface area contributed by atoms with Crippen LogP contribution in [0.4, 0.5) is 34.6 Å². The van der Waals surface area contributed by atoms with Crippen molar-refractivity contribution in [3.8, 4) is 27.8 Å². The quantitative estimate of drug-likeness (QED) is 0.0601. The summed E-state index contributed by atoms with van der Waals surface area (Å²) in [5.74, 6) is -4.21. The third-order valence-corrected chi connectivity index (χ3v) is 14.7. The first kappa shape index (κ1) is 55.3. The predicted octanol–water partition coefficient (Wildman–Crippen LogP) is 8.66. The lowest BCUT2D eigenvalue weighted by Crippen LogP contribution is -2.58. The molecule has 2 aromatic heterocycles. The Kier molecular flexibility index (Phi) is 15.8. The molecule has 0 unspecified atom stereocenters. The predicted molar refractivity (Wildman–Crippen MR) is 287 cm³/mol. The molecule has 2 saturated heterocycles. The number of benzene rings is 4. The number of aryl methyl sites for hydroxylation is 1. The minimum Gasteiger partial charge on any atom is -0.391 e. The van der Waals surface area contributed by atoms with Crippen LogP contribution in [-0.4, -0.2) is 84.9 Å². The van der Waals surface area contributed by atoms with Crippen molar-refractivity contribution in [3.05, 3.63) is 148 Å². The third-order valence-electron chi connectivity index (χ3n) is 13.4. The van der Waals surface area contributed by atoms with E-state index in [1.165, 1.54) is 35.9 Å². The topological polar surface area (TPSA) is 201 Å². The van der Waals surface area contributed by atoms with E-state index in [4.69, 9.17) is 12.2 Å². The molecule has 4 aromatic carbocycles. The summed E-state index contributed by atoms with van der Waals surface area (Å²) in [7, 11) is 0. The second-order valence-electron chi connectivity index (χ2n) is 20.4. The zero-order valence-corrected chi connectivity index (χ0v) is 44.3. The fourth-order valence-corrected chi connectivity index (χ4v) is 10.6. The maximum absolute atomic E-state index is 15.5. The van der Waals surface area contributed by atoms with E-state index in [1.807, 2.05) is 52.0 Å². The summed E-state index contributed by atoms with van der Waals surface area (Å²) in [6, 6.07) is 25.9. The van der Waals surface area contributed by atoms with Gasteiger partial charge in [0.1, 0.15) is 23.2 Å². The molecule has 5 amide bonds. The van der Waals surface area contributed by atoms with Crippen LogP contribution in [-0.2, 0) is 49.5 Å². The van der Waals surface area contributed by atoms with Crippen LogP contribution in [0.3, 0.4) is 0 Å². The lowest BCUT2D eigenvalue weighted by Gasteiger charge is -2.35. The van der Waals surface area contributed by atoms with Gasteiger partial charge in [0, 0.05) is 30.8 Å². The van der Waals surface area contributed by atoms with Crippen molar-refractivity contribution in [1.29, 1.82) is 5.26 Å². The first-order valence-corrected chi connectivity index (χ1v) is 25.6. The average Bonchev–Trinajstić information content (AvgIpc) is 4.26. The van der Waals surface area contributed by atoms with Gasteiger partial charge in [-0.3, -0.25) is 33.9 Å². The van der Waals surface area contributed by atoms with Gasteiger partial charge in [0.2, 0.25) is 23.6 Å². The number of nitriles is 1. The minimum atomic E-state index is -5.21. The highest BCUT2D eigenvalue weighted by Crippen LogP contribution is 2.42. The van der Waals surface area contributed by atoms with E-state index in [2.05, 4.69) is 25.9 Å². The van der Waals surface area contributed by atoms with E-state index in [1.54, 1.807) is 77.5 Å². The maximum Gasteiger partial charge on any atom is 0.420 e. The molecule has 3 atom stereocenters. The molecule has 0 spiro atoms. The first-order valence-electron chi connectivity index (χ1n) is 24.3. The number of thiazole rings is 1. The Morgan fingerprint density at radius 3 is 2.08 bits per heavy atom.